The number of rotatable bonds is 5. The Hall–Kier alpha value is -3.62. The summed E-state index contributed by atoms with van der Waals surface area (Å²) in [7, 11) is 0. The first-order valence-corrected chi connectivity index (χ1v) is 10.6. The molecule has 0 N–H and O–H groups in total. The molecule has 1 saturated heterocycles. The van der Waals surface area contributed by atoms with E-state index in [0.717, 1.165) is 30.9 Å². The number of non-ortho nitro benzene ring substituents is 1. The Labute approximate surface area is 185 Å². The third-order valence-electron chi connectivity index (χ3n) is 5.56. The highest BCUT2D eigenvalue weighted by molar-refractivity contribution is 5.99. The molecule has 0 aliphatic carbocycles. The Kier molecular flexibility index (Phi) is 6.25. The summed E-state index contributed by atoms with van der Waals surface area (Å²) in [6.07, 6.45) is 2.35. The van der Waals surface area contributed by atoms with Crippen molar-refractivity contribution in [3.63, 3.8) is 0 Å². The van der Waals surface area contributed by atoms with Crippen LogP contribution in [0.5, 0.6) is 11.5 Å². The molecule has 2 aromatic carbocycles. The molecule has 0 bridgehead atoms. The first kappa shape index (κ1) is 21.6. The van der Waals surface area contributed by atoms with Crippen LogP contribution in [0.1, 0.15) is 58.5 Å². The van der Waals surface area contributed by atoms with Gasteiger partial charge in [0.25, 0.3) is 11.6 Å². The van der Waals surface area contributed by atoms with Gasteiger partial charge in [-0.2, -0.15) is 0 Å². The van der Waals surface area contributed by atoms with E-state index in [9.17, 15) is 19.7 Å². The van der Waals surface area contributed by atoms with E-state index in [4.69, 9.17) is 14.2 Å². The van der Waals surface area contributed by atoms with Crippen LogP contribution in [0.15, 0.2) is 36.4 Å². The highest BCUT2D eigenvalue weighted by Crippen LogP contribution is 2.38. The van der Waals surface area contributed by atoms with Gasteiger partial charge in [-0.15, -0.1) is 0 Å². The molecule has 32 heavy (non-hydrogen) atoms. The summed E-state index contributed by atoms with van der Waals surface area (Å²) < 4.78 is 16.4. The van der Waals surface area contributed by atoms with Gasteiger partial charge in [-0.25, -0.2) is 4.79 Å². The lowest BCUT2D eigenvalue weighted by Crippen LogP contribution is -2.30. The predicted molar refractivity (Wildman–Crippen MR) is 114 cm³/mol. The molecule has 2 aromatic rings. The number of esters is 1. The largest absolute Gasteiger partial charge is 0.490 e. The molecule has 2 heterocycles. The topological polar surface area (TPSA) is 108 Å². The zero-order valence-corrected chi connectivity index (χ0v) is 17.7. The Morgan fingerprint density at radius 1 is 1.09 bits per heavy atom. The van der Waals surface area contributed by atoms with Crippen molar-refractivity contribution in [2.24, 2.45) is 0 Å². The van der Waals surface area contributed by atoms with Crippen LogP contribution in [0.25, 0.3) is 0 Å². The third-order valence-corrected chi connectivity index (χ3v) is 5.56. The van der Waals surface area contributed by atoms with Crippen molar-refractivity contribution >= 4 is 17.6 Å². The maximum atomic E-state index is 13.4. The van der Waals surface area contributed by atoms with Crippen molar-refractivity contribution < 1.29 is 28.7 Å². The fourth-order valence-electron chi connectivity index (χ4n) is 4.08. The average molecular weight is 440 g/mol. The average Bonchev–Trinajstić information content (AvgIpc) is 3.16. The molecule has 9 heteroatoms. The Morgan fingerprint density at radius 2 is 1.84 bits per heavy atom. The van der Waals surface area contributed by atoms with Crippen molar-refractivity contribution in [3.8, 4) is 11.5 Å². The number of nitro benzene ring substituents is 1. The van der Waals surface area contributed by atoms with Gasteiger partial charge in [0.1, 0.15) is 0 Å². The van der Waals surface area contributed by atoms with Crippen molar-refractivity contribution in [2.75, 3.05) is 26.4 Å². The Morgan fingerprint density at radius 3 is 2.59 bits per heavy atom. The first-order valence-electron chi connectivity index (χ1n) is 10.6. The zero-order valence-electron chi connectivity index (χ0n) is 17.7. The normalized spacial score (nSPS) is 17.5. The number of carbonyl (C=O) groups excluding carboxylic acids is 2. The minimum Gasteiger partial charge on any atom is -0.490 e. The Bertz CT molecular complexity index is 1050. The molecular formula is C23H24N2O7. The summed E-state index contributed by atoms with van der Waals surface area (Å²) in [5.41, 5.74) is 0.653. The van der Waals surface area contributed by atoms with Gasteiger partial charge in [0, 0.05) is 30.7 Å². The van der Waals surface area contributed by atoms with Gasteiger partial charge in [0.05, 0.1) is 36.3 Å². The van der Waals surface area contributed by atoms with Crippen LogP contribution in [-0.4, -0.2) is 48.1 Å². The summed E-state index contributed by atoms with van der Waals surface area (Å²) in [5, 5.41) is 11.4. The van der Waals surface area contributed by atoms with Gasteiger partial charge >= 0.3 is 5.97 Å². The zero-order chi connectivity index (χ0) is 22.7. The number of amides is 1. The highest BCUT2D eigenvalue weighted by Gasteiger charge is 2.32. The van der Waals surface area contributed by atoms with Crippen LogP contribution in [0.2, 0.25) is 0 Å². The molecule has 0 radical (unpaired) electrons. The van der Waals surface area contributed by atoms with E-state index in [0.29, 0.717) is 31.3 Å². The number of likely N-dealkylation sites (tertiary alicyclic amines) is 1. The number of hydrogen-bond donors (Lipinski definition) is 0. The van der Waals surface area contributed by atoms with Crippen LogP contribution in [0.3, 0.4) is 0 Å². The molecule has 0 unspecified atom stereocenters. The monoisotopic (exact) mass is 440 g/mol. The summed E-state index contributed by atoms with van der Waals surface area (Å²) in [4.78, 5) is 38.0. The number of nitrogens with zero attached hydrogens (tertiary/aromatic N) is 2. The Balaban J connectivity index is 1.64. The number of fused-ring (bicyclic) bond motifs is 1. The maximum Gasteiger partial charge on any atom is 0.338 e. The fourth-order valence-corrected chi connectivity index (χ4v) is 4.08. The molecule has 168 valence electrons. The van der Waals surface area contributed by atoms with Gasteiger partial charge < -0.3 is 19.1 Å². The van der Waals surface area contributed by atoms with E-state index < -0.39 is 10.9 Å². The smallest absolute Gasteiger partial charge is 0.338 e. The molecule has 1 fully saturated rings. The number of ether oxygens (including phenoxy) is 3. The van der Waals surface area contributed by atoms with Gasteiger partial charge in [0.2, 0.25) is 0 Å². The molecule has 4 rings (SSSR count). The minimum atomic E-state index is -0.703. The van der Waals surface area contributed by atoms with Crippen LogP contribution >= 0.6 is 0 Å². The minimum absolute atomic E-state index is 0.0178. The molecule has 0 aromatic heterocycles. The predicted octanol–water partition coefficient (Wildman–Crippen LogP) is 3.91. The van der Waals surface area contributed by atoms with E-state index >= 15 is 0 Å². The van der Waals surface area contributed by atoms with Gasteiger partial charge in [-0.1, -0.05) is 6.07 Å². The summed E-state index contributed by atoms with van der Waals surface area (Å²) in [6, 6.07) is 9.15. The quantitative estimate of drug-likeness (QED) is 0.394. The van der Waals surface area contributed by atoms with Crippen molar-refractivity contribution in [3.05, 3.63) is 63.2 Å². The summed E-state index contributed by atoms with van der Waals surface area (Å²) >= 11 is 0. The molecule has 2 aliphatic rings. The third kappa shape index (κ3) is 4.37. The van der Waals surface area contributed by atoms with Crippen molar-refractivity contribution in [1.29, 1.82) is 0 Å². The van der Waals surface area contributed by atoms with Crippen LogP contribution in [0, 0.1) is 10.1 Å². The second-order valence-electron chi connectivity index (χ2n) is 7.66. The number of carbonyl (C=O) groups is 2. The molecule has 0 saturated carbocycles. The van der Waals surface area contributed by atoms with E-state index in [1.807, 2.05) is 18.2 Å². The lowest BCUT2D eigenvalue weighted by atomic mass is 10.0. The second kappa shape index (κ2) is 9.25. The van der Waals surface area contributed by atoms with E-state index in [-0.39, 0.29) is 35.4 Å². The maximum absolute atomic E-state index is 13.4. The fraction of sp³-hybridized carbons (Fsp3) is 0.391. The van der Waals surface area contributed by atoms with Crippen LogP contribution < -0.4 is 9.47 Å². The van der Waals surface area contributed by atoms with E-state index in [1.54, 1.807) is 11.8 Å². The molecule has 0 spiro atoms. The number of nitro groups is 1. The lowest BCUT2D eigenvalue weighted by Gasteiger charge is -2.26. The summed E-state index contributed by atoms with van der Waals surface area (Å²) in [6.45, 7) is 3.44. The SMILES string of the molecule is CCOC(=O)c1cc(C(=O)N2CCC[C@@H]2c2ccc3c(c2)OCCCO3)cc([N+](=O)[O-])c1. The molecule has 1 amide bonds. The second-order valence-corrected chi connectivity index (χ2v) is 7.66. The molecule has 2 aliphatic heterocycles. The standard InChI is InChI=1S/C23H24N2O7/c1-2-30-23(27)17-11-16(12-18(13-17)25(28)29)22(26)24-8-3-5-19(24)15-6-7-20-21(14-15)32-10-4-9-31-20/h6-7,11-14,19H,2-5,8-10H2,1H3/t19-/m1/s1. The van der Waals surface area contributed by atoms with E-state index in [1.165, 1.54) is 12.1 Å². The van der Waals surface area contributed by atoms with Crippen LogP contribution in [0.4, 0.5) is 5.69 Å². The summed E-state index contributed by atoms with van der Waals surface area (Å²) in [5.74, 6) is 0.263. The highest BCUT2D eigenvalue weighted by atomic mass is 16.6. The van der Waals surface area contributed by atoms with Crippen molar-refractivity contribution in [1.82, 2.24) is 4.90 Å². The lowest BCUT2D eigenvalue weighted by molar-refractivity contribution is -0.384. The van der Waals surface area contributed by atoms with E-state index in [2.05, 4.69) is 0 Å². The van der Waals surface area contributed by atoms with Gasteiger partial charge in [-0.05, 0) is 43.5 Å². The molecular weight excluding hydrogens is 416 g/mol. The molecule has 9 nitrogen and oxygen atoms in total. The first-order chi connectivity index (χ1) is 15.5. The number of benzene rings is 2. The van der Waals surface area contributed by atoms with Crippen LogP contribution in [-0.2, 0) is 4.74 Å². The van der Waals surface area contributed by atoms with Gasteiger partial charge in [-0.3, -0.25) is 14.9 Å². The number of hydrogen-bond acceptors (Lipinski definition) is 7. The van der Waals surface area contributed by atoms with Gasteiger partial charge in [0.15, 0.2) is 11.5 Å². The van der Waals surface area contributed by atoms with Crippen molar-refractivity contribution in [2.45, 2.75) is 32.2 Å². The molecule has 1 atom stereocenters.